The molecule has 0 fully saturated rings. The number of hydrogen-bond donors (Lipinski definition) is 2. The van der Waals surface area contributed by atoms with Crippen LogP contribution in [-0.2, 0) is 20.2 Å². The van der Waals surface area contributed by atoms with Gasteiger partial charge in [-0.25, -0.2) is 12.7 Å². The second-order valence-corrected chi connectivity index (χ2v) is 14.7. The Morgan fingerprint density at radius 3 is 2.15 bits per heavy atom. The number of rotatable bonds is 12. The molecule has 12 heteroatoms. The van der Waals surface area contributed by atoms with E-state index in [1.165, 1.54) is 30.3 Å². The first kappa shape index (κ1) is 35.9. The fourth-order valence-electron chi connectivity index (χ4n) is 5.59. The first-order valence-corrected chi connectivity index (χ1v) is 17.5. The first-order chi connectivity index (χ1) is 22.1. The average Bonchev–Trinajstić information content (AvgIpc) is 3.25. The Morgan fingerprint density at radius 2 is 1.55 bits per heavy atom. The Morgan fingerprint density at radius 1 is 0.915 bits per heavy atom. The Labute approximate surface area is 282 Å². The molecule has 0 aromatic heterocycles. The first-order valence-electron chi connectivity index (χ1n) is 15.7. The van der Waals surface area contributed by atoms with Crippen LogP contribution in [0.2, 0.25) is 5.02 Å². The number of nitrogens with one attached hydrogen (secondary N) is 2. The largest absolute Gasteiger partial charge is 0.494 e. The van der Waals surface area contributed by atoms with E-state index < -0.39 is 26.9 Å². The molecule has 0 spiro atoms. The minimum Gasteiger partial charge on any atom is -0.494 e. The monoisotopic (exact) mass is 682 g/mol. The molecule has 1 aliphatic heterocycles. The van der Waals surface area contributed by atoms with Gasteiger partial charge in [0.25, 0.3) is 27.7 Å². The Bertz CT molecular complexity index is 1770. The van der Waals surface area contributed by atoms with Crippen LogP contribution in [0.25, 0.3) is 0 Å². The molecular formula is C35H43ClN4O6S. The van der Waals surface area contributed by atoms with Gasteiger partial charge in [0.1, 0.15) is 11.2 Å². The average molecular weight is 683 g/mol. The van der Waals surface area contributed by atoms with Crippen molar-refractivity contribution in [2.75, 3.05) is 37.1 Å². The summed E-state index contributed by atoms with van der Waals surface area (Å²) in [6.45, 7) is 16.2. The molecule has 4 rings (SSSR count). The molecule has 0 saturated heterocycles. The number of amides is 3. The molecule has 1 atom stereocenters. The highest BCUT2D eigenvalue weighted by Gasteiger charge is 2.54. The maximum absolute atomic E-state index is 14.5. The fraction of sp³-hybridized carbons (Fsp3) is 0.400. The Hall–Kier alpha value is -3.93. The summed E-state index contributed by atoms with van der Waals surface area (Å²) in [5, 5.41) is 5.96. The van der Waals surface area contributed by atoms with Crippen molar-refractivity contribution in [3.05, 3.63) is 87.9 Å². The van der Waals surface area contributed by atoms with Crippen molar-refractivity contribution in [2.45, 2.75) is 64.3 Å². The number of sulfonamides is 1. The van der Waals surface area contributed by atoms with Crippen molar-refractivity contribution in [1.29, 1.82) is 0 Å². The van der Waals surface area contributed by atoms with Crippen LogP contribution in [0.15, 0.2) is 65.6 Å². The molecule has 1 aliphatic rings. The lowest BCUT2D eigenvalue weighted by atomic mass is 9.76. The van der Waals surface area contributed by atoms with Gasteiger partial charge in [0.15, 0.2) is 0 Å². The van der Waals surface area contributed by atoms with Crippen LogP contribution in [0.1, 0.15) is 80.3 Å². The number of likely N-dealkylation sites (N-methyl/N-ethyl adjacent to an activating group) is 1. The van der Waals surface area contributed by atoms with Crippen molar-refractivity contribution < 1.29 is 27.5 Å². The molecule has 1 unspecified atom stereocenters. The van der Waals surface area contributed by atoms with Gasteiger partial charge >= 0.3 is 0 Å². The number of anilines is 1. The van der Waals surface area contributed by atoms with Crippen molar-refractivity contribution in [3.8, 4) is 5.75 Å². The van der Waals surface area contributed by atoms with Crippen molar-refractivity contribution in [1.82, 2.24) is 15.5 Å². The number of benzene rings is 3. The Balaban J connectivity index is 1.77. The quantitative estimate of drug-likeness (QED) is 0.263. The molecule has 3 aromatic carbocycles. The van der Waals surface area contributed by atoms with Gasteiger partial charge in [-0.2, -0.15) is 0 Å². The summed E-state index contributed by atoms with van der Waals surface area (Å²) in [4.78, 5) is 42.4. The van der Waals surface area contributed by atoms with E-state index in [1.54, 1.807) is 37.3 Å². The molecule has 1 heterocycles. The van der Waals surface area contributed by atoms with Crippen LogP contribution < -0.4 is 19.7 Å². The second-order valence-electron chi connectivity index (χ2n) is 12.5. The molecule has 0 bridgehead atoms. The minimum absolute atomic E-state index is 0.139. The van der Waals surface area contributed by atoms with Crippen LogP contribution in [0.4, 0.5) is 5.69 Å². The number of fused-ring (bicyclic) bond motifs is 1. The number of halogens is 1. The van der Waals surface area contributed by atoms with E-state index >= 15 is 0 Å². The molecule has 2 N–H and O–H groups in total. The van der Waals surface area contributed by atoms with Crippen molar-refractivity contribution >= 4 is 45.0 Å². The van der Waals surface area contributed by atoms with E-state index in [0.717, 1.165) is 17.4 Å². The van der Waals surface area contributed by atoms with E-state index in [0.29, 0.717) is 31.0 Å². The van der Waals surface area contributed by atoms with Gasteiger partial charge in [-0.1, -0.05) is 25.4 Å². The van der Waals surface area contributed by atoms with Crippen molar-refractivity contribution in [2.24, 2.45) is 0 Å². The van der Waals surface area contributed by atoms with E-state index in [2.05, 4.69) is 29.4 Å². The summed E-state index contributed by atoms with van der Waals surface area (Å²) in [5.74, 6) is -1.02. The van der Waals surface area contributed by atoms with Gasteiger partial charge in [0.05, 0.1) is 17.2 Å². The second kappa shape index (κ2) is 14.0. The van der Waals surface area contributed by atoms with Crippen LogP contribution in [0.3, 0.4) is 0 Å². The number of carbonyl (C=O) groups excluding carboxylic acids is 3. The number of carbonyl (C=O) groups is 3. The van der Waals surface area contributed by atoms with E-state index in [4.69, 9.17) is 16.3 Å². The van der Waals surface area contributed by atoms with Crippen LogP contribution >= 0.6 is 11.6 Å². The number of hydrogen-bond acceptors (Lipinski definition) is 7. The zero-order valence-corrected chi connectivity index (χ0v) is 29.5. The molecule has 10 nitrogen and oxygen atoms in total. The molecule has 3 aromatic rings. The summed E-state index contributed by atoms with van der Waals surface area (Å²) in [7, 11) is -4.46. The van der Waals surface area contributed by atoms with E-state index in [1.807, 2.05) is 27.7 Å². The fourth-order valence-corrected chi connectivity index (χ4v) is 7.41. The summed E-state index contributed by atoms with van der Waals surface area (Å²) >= 11 is 6.73. The molecule has 47 heavy (non-hydrogen) atoms. The predicted octanol–water partition coefficient (Wildman–Crippen LogP) is 5.38. The molecule has 0 aliphatic carbocycles. The smallest absolute Gasteiger partial charge is 0.270 e. The summed E-state index contributed by atoms with van der Waals surface area (Å²) < 4.78 is 34.9. The molecule has 3 amide bonds. The molecule has 0 saturated carbocycles. The van der Waals surface area contributed by atoms with Gasteiger partial charge in [0.2, 0.25) is 0 Å². The highest BCUT2D eigenvalue weighted by molar-refractivity contribution is 7.93. The SMILES string of the molecule is CCOc1ccc2c(c1)C(C)(c1cc(C(=O)NCCN(CC)CC)ccc1Cl)C(=O)N2S(=O)(=O)c1ccc(C(=O)NC(C)(C)C)cc1. The van der Waals surface area contributed by atoms with Gasteiger partial charge in [0, 0.05) is 40.3 Å². The zero-order chi connectivity index (χ0) is 34.7. The lowest BCUT2D eigenvalue weighted by molar-refractivity contribution is -0.120. The lowest BCUT2D eigenvalue weighted by Gasteiger charge is -2.26. The molecule has 0 radical (unpaired) electrons. The molecule has 252 valence electrons. The predicted molar refractivity (Wildman–Crippen MR) is 184 cm³/mol. The van der Waals surface area contributed by atoms with E-state index in [9.17, 15) is 22.8 Å². The molecular weight excluding hydrogens is 640 g/mol. The lowest BCUT2D eigenvalue weighted by Crippen LogP contribution is -2.42. The standard InChI is InChI=1S/C35H43ClN4O6S/c1-8-39(9-2)20-19-37-31(41)24-13-17-29(36)27(21-24)35(7)28-22-25(46-10-3)14-18-30(28)40(33(35)43)47(44,45)26-15-11-23(12-16-26)32(42)38-34(4,5)6/h11-18,21-22H,8-10,19-20H2,1-7H3,(H,37,41)(H,38,42). The van der Waals surface area contributed by atoms with Gasteiger partial charge in [-0.15, -0.1) is 0 Å². The zero-order valence-electron chi connectivity index (χ0n) is 27.9. The van der Waals surface area contributed by atoms with Gasteiger partial charge < -0.3 is 20.3 Å². The minimum atomic E-state index is -4.46. The highest BCUT2D eigenvalue weighted by atomic mass is 35.5. The van der Waals surface area contributed by atoms with Gasteiger partial charge in [-0.3, -0.25) is 14.4 Å². The van der Waals surface area contributed by atoms with Gasteiger partial charge in [-0.05, 0) is 114 Å². The normalized spacial score (nSPS) is 16.3. The third-order valence-electron chi connectivity index (χ3n) is 8.17. The number of ether oxygens (including phenoxy) is 1. The third-order valence-corrected chi connectivity index (χ3v) is 10.2. The van der Waals surface area contributed by atoms with Crippen molar-refractivity contribution in [3.63, 3.8) is 0 Å². The van der Waals surface area contributed by atoms with Crippen LogP contribution in [0, 0.1) is 0 Å². The Kier molecular flexibility index (Phi) is 10.7. The maximum atomic E-state index is 14.5. The maximum Gasteiger partial charge on any atom is 0.270 e. The summed E-state index contributed by atoms with van der Waals surface area (Å²) in [5.41, 5.74) is -0.746. The highest BCUT2D eigenvalue weighted by Crippen LogP contribution is 2.51. The third kappa shape index (κ3) is 7.32. The summed E-state index contributed by atoms with van der Waals surface area (Å²) in [6, 6.07) is 14.9. The van der Waals surface area contributed by atoms with Crippen LogP contribution in [-0.4, -0.2) is 69.4 Å². The van der Waals surface area contributed by atoms with E-state index in [-0.39, 0.29) is 44.1 Å². The van der Waals surface area contributed by atoms with Crippen LogP contribution in [0.5, 0.6) is 5.75 Å². The number of nitrogens with zero attached hydrogens (tertiary/aromatic N) is 2. The summed E-state index contributed by atoms with van der Waals surface area (Å²) in [6.07, 6.45) is 0. The topological polar surface area (TPSA) is 125 Å².